The molecule has 0 rings (SSSR count). The molecule has 0 aliphatic carbocycles. The molecule has 0 heterocycles. The number of hydrogen-bond acceptors (Lipinski definition) is 6. The molecule has 0 fully saturated rings. The zero-order chi connectivity index (χ0) is 9.83. The minimum atomic E-state index is -1.69. The van der Waals surface area contributed by atoms with Crippen molar-refractivity contribution in [2.75, 3.05) is 26.4 Å². The second-order valence-corrected chi connectivity index (χ2v) is 2.95. The minimum absolute atomic E-state index is 0.590. The molecule has 0 aromatic heterocycles. The number of rotatable bonds is 5. The Morgan fingerprint density at radius 2 is 1.08 bits per heavy atom. The predicted octanol–water partition coefficient (Wildman–Crippen LogP) is -3.44. The van der Waals surface area contributed by atoms with Crippen molar-refractivity contribution < 1.29 is 20.4 Å². The van der Waals surface area contributed by atoms with Gasteiger partial charge in [-0.1, -0.05) is 0 Å². The smallest absolute Gasteiger partial charge is 0.0999 e. The highest BCUT2D eigenvalue weighted by atomic mass is 16.3. The van der Waals surface area contributed by atoms with E-state index in [9.17, 15) is 0 Å². The van der Waals surface area contributed by atoms with E-state index in [0.29, 0.717) is 0 Å². The highest BCUT2D eigenvalue weighted by Crippen LogP contribution is 2.23. The molecule has 0 radical (unpaired) electrons. The lowest BCUT2D eigenvalue weighted by molar-refractivity contribution is -0.0675. The van der Waals surface area contributed by atoms with Crippen molar-refractivity contribution >= 4 is 0 Å². The van der Waals surface area contributed by atoms with Gasteiger partial charge < -0.3 is 31.9 Å². The Kier molecular flexibility index (Phi) is 4.04. The van der Waals surface area contributed by atoms with Crippen LogP contribution in [0.1, 0.15) is 0 Å². The van der Waals surface area contributed by atoms with Crippen molar-refractivity contribution in [2.45, 2.75) is 5.66 Å². The van der Waals surface area contributed by atoms with Crippen LogP contribution in [0.3, 0.4) is 0 Å². The molecular weight excluding hydrogens is 164 g/mol. The molecular formula is C6H16N2O4. The van der Waals surface area contributed by atoms with E-state index in [0.717, 1.165) is 0 Å². The Bertz CT molecular complexity index is 127. The van der Waals surface area contributed by atoms with Crippen LogP contribution in [0.15, 0.2) is 0 Å². The van der Waals surface area contributed by atoms with Crippen LogP contribution in [0.25, 0.3) is 0 Å². The van der Waals surface area contributed by atoms with Crippen molar-refractivity contribution in [1.82, 2.24) is 0 Å². The van der Waals surface area contributed by atoms with E-state index in [4.69, 9.17) is 31.9 Å². The summed E-state index contributed by atoms with van der Waals surface area (Å²) in [6, 6.07) is 0. The summed E-state index contributed by atoms with van der Waals surface area (Å²) in [4.78, 5) is 0. The standard InChI is InChI=1S/C6H16N2O4/c7-6(8,4-12)5(1-9,2-10)3-11/h9-12H,1-4,7-8H2. The number of aliphatic hydroxyl groups excluding tert-OH is 4. The molecule has 0 spiro atoms. The summed E-state index contributed by atoms with van der Waals surface area (Å²) in [5, 5.41) is 35.3. The average molecular weight is 180 g/mol. The van der Waals surface area contributed by atoms with E-state index >= 15 is 0 Å². The molecule has 12 heavy (non-hydrogen) atoms. The number of hydrogen-bond donors (Lipinski definition) is 6. The molecule has 0 saturated heterocycles. The molecule has 6 heteroatoms. The number of aliphatic hydroxyl groups is 4. The van der Waals surface area contributed by atoms with Crippen LogP contribution in [0.4, 0.5) is 0 Å². The quantitative estimate of drug-likeness (QED) is 0.244. The van der Waals surface area contributed by atoms with Gasteiger partial charge in [-0.15, -0.1) is 0 Å². The Morgan fingerprint density at radius 1 is 0.750 bits per heavy atom. The molecule has 0 aromatic carbocycles. The Hall–Kier alpha value is -0.240. The summed E-state index contributed by atoms with van der Waals surface area (Å²) in [5.41, 5.74) is 7.60. The topological polar surface area (TPSA) is 133 Å². The van der Waals surface area contributed by atoms with Gasteiger partial charge in [-0.2, -0.15) is 0 Å². The minimum Gasteiger partial charge on any atom is -0.395 e. The molecule has 0 aliphatic rings. The lowest BCUT2D eigenvalue weighted by Gasteiger charge is -2.41. The molecule has 8 N–H and O–H groups in total. The van der Waals surface area contributed by atoms with Gasteiger partial charge in [0.2, 0.25) is 0 Å². The van der Waals surface area contributed by atoms with Gasteiger partial charge in [-0.25, -0.2) is 0 Å². The SMILES string of the molecule is NC(N)(CO)C(CO)(CO)CO. The van der Waals surface area contributed by atoms with Crippen molar-refractivity contribution in [2.24, 2.45) is 16.9 Å². The van der Waals surface area contributed by atoms with Gasteiger partial charge in [0, 0.05) is 0 Å². The van der Waals surface area contributed by atoms with Crippen molar-refractivity contribution in [1.29, 1.82) is 0 Å². The Morgan fingerprint density at radius 3 is 1.17 bits per heavy atom. The molecule has 0 atom stereocenters. The monoisotopic (exact) mass is 180 g/mol. The van der Waals surface area contributed by atoms with Crippen LogP contribution < -0.4 is 11.5 Å². The summed E-state index contributed by atoms with van der Waals surface area (Å²) < 4.78 is 0. The lowest BCUT2D eigenvalue weighted by atomic mass is 9.78. The molecule has 0 aliphatic heterocycles. The van der Waals surface area contributed by atoms with Crippen molar-refractivity contribution in [3.05, 3.63) is 0 Å². The summed E-state index contributed by atoms with van der Waals surface area (Å²) >= 11 is 0. The zero-order valence-corrected chi connectivity index (χ0v) is 6.77. The Labute approximate surface area is 70.4 Å². The molecule has 0 aromatic rings. The first kappa shape index (κ1) is 11.8. The molecule has 0 saturated carbocycles. The van der Waals surface area contributed by atoms with Gasteiger partial charge >= 0.3 is 0 Å². The third-order valence-electron chi connectivity index (χ3n) is 2.16. The van der Waals surface area contributed by atoms with E-state index in [1.165, 1.54) is 0 Å². The van der Waals surface area contributed by atoms with Crippen molar-refractivity contribution in [3.8, 4) is 0 Å². The second-order valence-electron chi connectivity index (χ2n) is 2.95. The van der Waals surface area contributed by atoms with Crippen LogP contribution in [0.5, 0.6) is 0 Å². The largest absolute Gasteiger partial charge is 0.395 e. The maximum atomic E-state index is 8.85. The van der Waals surface area contributed by atoms with E-state index in [1.807, 2.05) is 0 Å². The van der Waals surface area contributed by atoms with Crippen molar-refractivity contribution in [3.63, 3.8) is 0 Å². The summed E-state index contributed by atoms with van der Waals surface area (Å²) in [6.07, 6.45) is 0. The Balaban J connectivity index is 4.69. The van der Waals surface area contributed by atoms with Crippen LogP contribution >= 0.6 is 0 Å². The van der Waals surface area contributed by atoms with Gasteiger partial charge in [-0.3, -0.25) is 0 Å². The predicted molar refractivity (Wildman–Crippen MR) is 41.9 cm³/mol. The lowest BCUT2D eigenvalue weighted by Crippen LogP contribution is -2.69. The van der Waals surface area contributed by atoms with Crippen LogP contribution in [-0.2, 0) is 0 Å². The van der Waals surface area contributed by atoms with Gasteiger partial charge in [-0.05, 0) is 0 Å². The fourth-order valence-corrected chi connectivity index (χ4v) is 0.759. The van der Waals surface area contributed by atoms with Crippen LogP contribution in [0, 0.1) is 5.41 Å². The van der Waals surface area contributed by atoms with Gasteiger partial charge in [0.05, 0.1) is 37.5 Å². The molecule has 0 bridgehead atoms. The zero-order valence-electron chi connectivity index (χ0n) is 6.77. The van der Waals surface area contributed by atoms with Crippen LogP contribution in [-0.4, -0.2) is 52.5 Å². The fraction of sp³-hybridized carbons (Fsp3) is 1.00. The maximum absolute atomic E-state index is 8.85. The molecule has 6 nitrogen and oxygen atoms in total. The maximum Gasteiger partial charge on any atom is 0.0999 e. The molecule has 0 amide bonds. The fourth-order valence-electron chi connectivity index (χ4n) is 0.759. The third kappa shape index (κ3) is 1.74. The highest BCUT2D eigenvalue weighted by molar-refractivity contribution is 4.97. The average Bonchev–Trinajstić information content (AvgIpc) is 2.08. The third-order valence-corrected chi connectivity index (χ3v) is 2.16. The summed E-state index contributed by atoms with van der Waals surface area (Å²) in [6.45, 7) is -2.40. The second kappa shape index (κ2) is 4.13. The van der Waals surface area contributed by atoms with E-state index < -0.39 is 37.5 Å². The summed E-state index contributed by atoms with van der Waals surface area (Å²) in [7, 11) is 0. The molecule has 0 unspecified atom stereocenters. The van der Waals surface area contributed by atoms with Gasteiger partial charge in [0.25, 0.3) is 0 Å². The van der Waals surface area contributed by atoms with E-state index in [-0.39, 0.29) is 0 Å². The van der Waals surface area contributed by atoms with Gasteiger partial charge in [0.1, 0.15) is 0 Å². The highest BCUT2D eigenvalue weighted by Gasteiger charge is 2.45. The normalized spacial score (nSPS) is 13.5. The van der Waals surface area contributed by atoms with Crippen LogP contribution in [0.2, 0.25) is 0 Å². The first-order chi connectivity index (χ1) is 5.49. The first-order valence-corrected chi connectivity index (χ1v) is 3.51. The number of nitrogens with two attached hydrogens (primary N) is 2. The van der Waals surface area contributed by atoms with E-state index in [1.54, 1.807) is 0 Å². The summed E-state index contributed by atoms with van der Waals surface area (Å²) in [5.74, 6) is 0. The first-order valence-electron chi connectivity index (χ1n) is 3.51. The molecule has 74 valence electrons. The van der Waals surface area contributed by atoms with E-state index in [2.05, 4.69) is 0 Å². The van der Waals surface area contributed by atoms with Gasteiger partial charge in [0.15, 0.2) is 0 Å².